The summed E-state index contributed by atoms with van der Waals surface area (Å²) in [6, 6.07) is 5.98. The zero-order chi connectivity index (χ0) is 14.9. The molecule has 0 saturated heterocycles. The molecule has 2 aromatic rings. The molecule has 3 N–H and O–H groups in total. The van der Waals surface area contributed by atoms with Crippen LogP contribution in [0.1, 0.15) is 0 Å². The minimum absolute atomic E-state index is 0.118. The van der Waals surface area contributed by atoms with Crippen molar-refractivity contribution in [1.82, 2.24) is 0 Å². The van der Waals surface area contributed by atoms with Gasteiger partial charge in [0.25, 0.3) is 10.0 Å². The highest BCUT2D eigenvalue weighted by Gasteiger charge is 2.23. The second-order valence-electron chi connectivity index (χ2n) is 3.93. The highest BCUT2D eigenvalue weighted by atomic mass is 32.2. The fraction of sp³-hybridized carbons (Fsp3) is 0. The van der Waals surface area contributed by atoms with Gasteiger partial charge in [-0.3, -0.25) is 4.72 Å². The van der Waals surface area contributed by atoms with E-state index in [1.165, 1.54) is 12.1 Å². The Hall–Kier alpha value is -2.22. The van der Waals surface area contributed by atoms with Gasteiger partial charge in [0.05, 0.1) is 5.69 Å². The normalized spacial score (nSPS) is 11.3. The van der Waals surface area contributed by atoms with Crippen molar-refractivity contribution in [2.24, 2.45) is 0 Å². The van der Waals surface area contributed by atoms with Crippen LogP contribution in [-0.4, -0.2) is 8.42 Å². The molecule has 0 spiro atoms. The summed E-state index contributed by atoms with van der Waals surface area (Å²) >= 11 is 0. The van der Waals surface area contributed by atoms with Crippen LogP contribution in [0.5, 0.6) is 0 Å². The van der Waals surface area contributed by atoms with E-state index in [2.05, 4.69) is 0 Å². The molecule has 4 nitrogen and oxygen atoms in total. The van der Waals surface area contributed by atoms with Crippen LogP contribution >= 0.6 is 0 Å². The molecule has 20 heavy (non-hydrogen) atoms. The summed E-state index contributed by atoms with van der Waals surface area (Å²) in [4.78, 5) is -0.945. The van der Waals surface area contributed by atoms with Gasteiger partial charge in [0, 0.05) is 5.69 Å². The summed E-state index contributed by atoms with van der Waals surface area (Å²) in [5, 5.41) is 0. The zero-order valence-electron chi connectivity index (χ0n) is 9.90. The van der Waals surface area contributed by atoms with Gasteiger partial charge in [-0.2, -0.15) is 0 Å². The Morgan fingerprint density at radius 2 is 1.75 bits per heavy atom. The van der Waals surface area contributed by atoms with Gasteiger partial charge in [0.1, 0.15) is 10.7 Å². The number of rotatable bonds is 3. The summed E-state index contributed by atoms with van der Waals surface area (Å²) in [7, 11) is -4.42. The van der Waals surface area contributed by atoms with Crippen LogP contribution in [0, 0.1) is 17.5 Å². The molecular formula is C12H9F3N2O2S. The second kappa shape index (κ2) is 5.04. The van der Waals surface area contributed by atoms with Crippen molar-refractivity contribution < 1.29 is 21.6 Å². The Kier molecular flexibility index (Phi) is 3.58. The van der Waals surface area contributed by atoms with E-state index in [0.29, 0.717) is 6.07 Å². The average Bonchev–Trinajstić information content (AvgIpc) is 2.33. The van der Waals surface area contributed by atoms with Crippen LogP contribution in [0.4, 0.5) is 24.5 Å². The Bertz CT molecular complexity index is 763. The molecule has 0 bridgehead atoms. The molecule has 0 saturated carbocycles. The molecular weight excluding hydrogens is 293 g/mol. The molecule has 0 aliphatic rings. The predicted molar refractivity (Wildman–Crippen MR) is 68.0 cm³/mol. The van der Waals surface area contributed by atoms with Gasteiger partial charge in [-0.1, -0.05) is 6.07 Å². The first-order chi connectivity index (χ1) is 9.29. The van der Waals surface area contributed by atoms with Crippen molar-refractivity contribution in [2.45, 2.75) is 4.90 Å². The Labute approximate surface area is 113 Å². The number of nitrogens with two attached hydrogens (primary N) is 1. The van der Waals surface area contributed by atoms with Gasteiger partial charge in [0.2, 0.25) is 0 Å². The highest BCUT2D eigenvalue weighted by Crippen LogP contribution is 2.23. The lowest BCUT2D eigenvalue weighted by molar-refractivity contribution is 0.486. The third-order valence-electron chi connectivity index (χ3n) is 2.38. The first-order valence-corrected chi connectivity index (χ1v) is 6.81. The summed E-state index contributed by atoms with van der Waals surface area (Å²) in [5.41, 5.74) is 4.92. The van der Waals surface area contributed by atoms with Gasteiger partial charge in [-0.25, -0.2) is 21.6 Å². The molecule has 0 heterocycles. The van der Waals surface area contributed by atoms with E-state index >= 15 is 0 Å². The summed E-state index contributed by atoms with van der Waals surface area (Å²) in [6.07, 6.45) is 0. The maximum Gasteiger partial charge on any atom is 0.265 e. The molecule has 0 aliphatic carbocycles. The molecule has 0 amide bonds. The number of benzene rings is 2. The zero-order valence-corrected chi connectivity index (χ0v) is 10.7. The Morgan fingerprint density at radius 3 is 2.40 bits per heavy atom. The van der Waals surface area contributed by atoms with Crippen LogP contribution in [0.3, 0.4) is 0 Å². The van der Waals surface area contributed by atoms with E-state index in [9.17, 15) is 21.6 Å². The topological polar surface area (TPSA) is 72.2 Å². The Balaban J connectivity index is 2.46. The molecule has 0 aromatic heterocycles. The SMILES string of the molecule is Nc1cc(F)c(F)c(S(=O)(=O)Nc2cccc(F)c2)c1. The first kappa shape index (κ1) is 14.2. The lowest BCUT2D eigenvalue weighted by Crippen LogP contribution is -2.16. The van der Waals surface area contributed by atoms with Crippen molar-refractivity contribution in [3.8, 4) is 0 Å². The van der Waals surface area contributed by atoms with Crippen LogP contribution in [-0.2, 0) is 10.0 Å². The van der Waals surface area contributed by atoms with E-state index < -0.39 is 32.4 Å². The van der Waals surface area contributed by atoms with Gasteiger partial charge in [0.15, 0.2) is 11.6 Å². The third kappa shape index (κ3) is 2.85. The number of anilines is 2. The molecule has 0 aliphatic heterocycles. The van der Waals surface area contributed by atoms with Crippen molar-refractivity contribution in [3.05, 3.63) is 53.8 Å². The van der Waals surface area contributed by atoms with Crippen molar-refractivity contribution in [1.29, 1.82) is 0 Å². The quantitative estimate of drug-likeness (QED) is 0.856. The monoisotopic (exact) mass is 302 g/mol. The number of sulfonamides is 1. The fourth-order valence-electron chi connectivity index (χ4n) is 1.54. The van der Waals surface area contributed by atoms with Crippen LogP contribution in [0.15, 0.2) is 41.3 Å². The average molecular weight is 302 g/mol. The molecule has 0 atom stereocenters. The lowest BCUT2D eigenvalue weighted by Gasteiger charge is -2.10. The molecule has 2 rings (SSSR count). The predicted octanol–water partition coefficient (Wildman–Crippen LogP) is 2.49. The van der Waals surface area contributed by atoms with Gasteiger partial charge >= 0.3 is 0 Å². The summed E-state index contributed by atoms with van der Waals surface area (Å²) in [6.45, 7) is 0. The number of hydrogen-bond donors (Lipinski definition) is 2. The second-order valence-corrected chi connectivity index (χ2v) is 5.58. The van der Waals surface area contributed by atoms with E-state index in [4.69, 9.17) is 5.73 Å². The van der Waals surface area contributed by atoms with Gasteiger partial charge < -0.3 is 5.73 Å². The van der Waals surface area contributed by atoms with Crippen LogP contribution in [0.25, 0.3) is 0 Å². The van der Waals surface area contributed by atoms with E-state index in [1.54, 1.807) is 0 Å². The lowest BCUT2D eigenvalue weighted by atomic mass is 10.3. The molecule has 106 valence electrons. The minimum atomic E-state index is -4.42. The van der Waals surface area contributed by atoms with Gasteiger partial charge in [-0.15, -0.1) is 0 Å². The van der Waals surface area contributed by atoms with Crippen molar-refractivity contribution in [2.75, 3.05) is 10.5 Å². The summed E-state index contributed by atoms with van der Waals surface area (Å²) in [5.74, 6) is -3.61. The first-order valence-electron chi connectivity index (χ1n) is 5.32. The maximum atomic E-state index is 13.5. The largest absolute Gasteiger partial charge is 0.399 e. The minimum Gasteiger partial charge on any atom is -0.399 e. The van der Waals surface area contributed by atoms with E-state index in [0.717, 1.165) is 18.2 Å². The van der Waals surface area contributed by atoms with Crippen LogP contribution < -0.4 is 10.5 Å². The van der Waals surface area contributed by atoms with Crippen molar-refractivity contribution in [3.63, 3.8) is 0 Å². The number of halogens is 3. The molecule has 0 unspecified atom stereocenters. The number of nitrogens with one attached hydrogen (secondary N) is 1. The maximum absolute atomic E-state index is 13.5. The number of hydrogen-bond acceptors (Lipinski definition) is 3. The van der Waals surface area contributed by atoms with Crippen LogP contribution in [0.2, 0.25) is 0 Å². The smallest absolute Gasteiger partial charge is 0.265 e. The van der Waals surface area contributed by atoms with E-state index in [1.807, 2.05) is 4.72 Å². The van der Waals surface area contributed by atoms with E-state index in [-0.39, 0.29) is 11.4 Å². The molecule has 0 fully saturated rings. The third-order valence-corrected chi connectivity index (χ3v) is 3.76. The van der Waals surface area contributed by atoms with Crippen molar-refractivity contribution >= 4 is 21.4 Å². The molecule has 0 radical (unpaired) electrons. The van der Waals surface area contributed by atoms with Gasteiger partial charge in [-0.05, 0) is 30.3 Å². The molecule has 8 heteroatoms. The number of nitrogen functional groups attached to an aromatic ring is 1. The summed E-state index contributed by atoms with van der Waals surface area (Å²) < 4.78 is 65.5. The Morgan fingerprint density at radius 1 is 1.05 bits per heavy atom. The highest BCUT2D eigenvalue weighted by molar-refractivity contribution is 7.92. The standard InChI is InChI=1S/C12H9F3N2O2S/c13-7-2-1-3-9(4-7)17-20(18,19)11-6-8(16)5-10(14)12(11)15/h1-6,17H,16H2. The fourth-order valence-corrected chi connectivity index (χ4v) is 2.71. The molecule has 2 aromatic carbocycles.